The summed E-state index contributed by atoms with van der Waals surface area (Å²) in [4.78, 5) is 14.7. The molecular weight excluding hydrogens is 463 g/mol. The van der Waals surface area contributed by atoms with Crippen molar-refractivity contribution in [3.63, 3.8) is 0 Å². The Labute approximate surface area is 192 Å². The van der Waals surface area contributed by atoms with Crippen molar-refractivity contribution in [1.82, 2.24) is 15.1 Å². The summed E-state index contributed by atoms with van der Waals surface area (Å²) in [5.74, 6) is 0.170. The highest BCUT2D eigenvalue weighted by atomic mass is 35.5. The quantitative estimate of drug-likeness (QED) is 0.373. The van der Waals surface area contributed by atoms with Crippen molar-refractivity contribution in [3.05, 3.63) is 64.7 Å². The van der Waals surface area contributed by atoms with E-state index in [0.717, 1.165) is 36.7 Å². The summed E-state index contributed by atoms with van der Waals surface area (Å²) in [5, 5.41) is 8.78. The Morgan fingerprint density at radius 2 is 1.94 bits per heavy atom. The van der Waals surface area contributed by atoms with Crippen molar-refractivity contribution in [2.24, 2.45) is 0 Å². The molecule has 1 heterocycles. The number of amides is 1. The molecule has 3 aromatic rings. The van der Waals surface area contributed by atoms with Crippen LogP contribution in [0.4, 0.5) is 13.2 Å². The van der Waals surface area contributed by atoms with Crippen LogP contribution in [0.3, 0.4) is 0 Å². The molecule has 1 aliphatic rings. The number of halogens is 4. The average molecular weight is 482 g/mol. The van der Waals surface area contributed by atoms with Crippen molar-refractivity contribution in [2.45, 2.75) is 43.2 Å². The molecule has 0 bridgehead atoms. The van der Waals surface area contributed by atoms with E-state index in [9.17, 15) is 18.0 Å². The number of thioether (sulfide) groups is 1. The van der Waals surface area contributed by atoms with Crippen LogP contribution in [-0.2, 0) is 11.0 Å². The Kier molecular flexibility index (Phi) is 6.48. The van der Waals surface area contributed by atoms with Gasteiger partial charge in [-0.1, -0.05) is 35.5 Å². The van der Waals surface area contributed by atoms with E-state index in [0.29, 0.717) is 22.0 Å². The molecule has 0 N–H and O–H groups in total. The van der Waals surface area contributed by atoms with Gasteiger partial charge in [0.25, 0.3) is 5.22 Å². The van der Waals surface area contributed by atoms with Gasteiger partial charge in [0.05, 0.1) is 17.4 Å². The van der Waals surface area contributed by atoms with Crippen LogP contribution in [0.5, 0.6) is 0 Å². The number of carbonyl (C=O) groups excluding carboxylic acids is 1. The number of benzene rings is 2. The molecule has 4 rings (SSSR count). The summed E-state index contributed by atoms with van der Waals surface area (Å²) in [6.45, 7) is 1.75. The lowest BCUT2D eigenvalue weighted by molar-refractivity contribution is -0.137. The minimum atomic E-state index is -4.43. The molecule has 1 aliphatic carbocycles. The van der Waals surface area contributed by atoms with Crippen molar-refractivity contribution < 1.29 is 22.4 Å². The highest BCUT2D eigenvalue weighted by Gasteiger charge is 2.37. The molecule has 1 saturated carbocycles. The second kappa shape index (κ2) is 9.15. The third-order valence-corrected chi connectivity index (χ3v) is 6.21. The van der Waals surface area contributed by atoms with Crippen LogP contribution in [0.1, 0.15) is 36.9 Å². The van der Waals surface area contributed by atoms with Crippen molar-refractivity contribution >= 4 is 29.3 Å². The fourth-order valence-electron chi connectivity index (χ4n) is 3.40. The Bertz CT molecular complexity index is 1100. The molecular formula is C22H19ClF3N3O2S. The van der Waals surface area contributed by atoms with Crippen LogP contribution in [0.2, 0.25) is 5.02 Å². The van der Waals surface area contributed by atoms with E-state index in [2.05, 4.69) is 10.2 Å². The largest absolute Gasteiger partial charge is 0.416 e. The van der Waals surface area contributed by atoms with Crippen LogP contribution in [0.15, 0.2) is 58.2 Å². The van der Waals surface area contributed by atoms with Crippen LogP contribution in [0, 0.1) is 0 Å². The van der Waals surface area contributed by atoms with Crippen LogP contribution >= 0.6 is 23.4 Å². The van der Waals surface area contributed by atoms with Gasteiger partial charge in [0.15, 0.2) is 0 Å². The number of carbonyl (C=O) groups is 1. The first-order valence-corrected chi connectivity index (χ1v) is 11.3. The summed E-state index contributed by atoms with van der Waals surface area (Å²) >= 11 is 6.98. The molecule has 10 heteroatoms. The van der Waals surface area contributed by atoms with Gasteiger partial charge in [-0.05, 0) is 61.7 Å². The smallest absolute Gasteiger partial charge is 0.411 e. The molecule has 0 aliphatic heterocycles. The van der Waals surface area contributed by atoms with Gasteiger partial charge >= 0.3 is 6.18 Å². The van der Waals surface area contributed by atoms with E-state index < -0.39 is 17.8 Å². The number of aromatic nitrogens is 2. The average Bonchev–Trinajstić information content (AvgIpc) is 3.48. The minimum Gasteiger partial charge on any atom is -0.411 e. The molecule has 0 saturated heterocycles. The lowest BCUT2D eigenvalue weighted by Crippen LogP contribution is -2.36. The maximum atomic E-state index is 13.1. The molecule has 32 heavy (non-hydrogen) atoms. The van der Waals surface area contributed by atoms with Gasteiger partial charge in [-0.15, -0.1) is 10.2 Å². The molecule has 0 spiro atoms. The standard InChI is InChI=1S/C22H19ClF3N3O2S/c1-13(15-3-2-4-16(11-15)22(24,25)26)29(18-9-10-18)19(30)12-32-21-28-27-20(31-21)14-5-7-17(23)8-6-14/h2-8,11,13,18H,9-10,12H2,1H3. The third kappa shape index (κ3) is 5.27. The first-order valence-electron chi connectivity index (χ1n) is 9.93. The van der Waals surface area contributed by atoms with E-state index in [1.165, 1.54) is 6.07 Å². The zero-order valence-corrected chi connectivity index (χ0v) is 18.5. The third-order valence-electron chi connectivity index (χ3n) is 5.16. The summed E-state index contributed by atoms with van der Waals surface area (Å²) < 4.78 is 44.9. The fourth-order valence-corrected chi connectivity index (χ4v) is 4.16. The van der Waals surface area contributed by atoms with Crippen LogP contribution < -0.4 is 0 Å². The maximum Gasteiger partial charge on any atom is 0.416 e. The van der Waals surface area contributed by atoms with Gasteiger partial charge in [-0.25, -0.2) is 0 Å². The zero-order chi connectivity index (χ0) is 22.9. The monoisotopic (exact) mass is 481 g/mol. The predicted octanol–water partition coefficient (Wildman–Crippen LogP) is 6.25. The first kappa shape index (κ1) is 22.7. The molecule has 5 nitrogen and oxygen atoms in total. The molecule has 2 aromatic carbocycles. The highest BCUT2D eigenvalue weighted by Crippen LogP contribution is 2.37. The summed E-state index contributed by atoms with van der Waals surface area (Å²) in [7, 11) is 0. The molecule has 1 fully saturated rings. The normalized spacial score (nSPS) is 14.9. The molecule has 1 amide bonds. The van der Waals surface area contributed by atoms with Crippen molar-refractivity contribution in [1.29, 1.82) is 0 Å². The van der Waals surface area contributed by atoms with Crippen LogP contribution in [-0.4, -0.2) is 32.8 Å². The number of rotatable bonds is 7. The molecule has 1 unspecified atom stereocenters. The Hall–Kier alpha value is -2.52. The Morgan fingerprint density at radius 3 is 2.59 bits per heavy atom. The summed E-state index contributed by atoms with van der Waals surface area (Å²) in [6, 6.07) is 11.6. The van der Waals surface area contributed by atoms with Crippen molar-refractivity contribution in [3.8, 4) is 11.5 Å². The topological polar surface area (TPSA) is 59.2 Å². The summed E-state index contributed by atoms with van der Waals surface area (Å²) in [6.07, 6.45) is -2.76. The minimum absolute atomic E-state index is 0.0277. The molecule has 168 valence electrons. The first-order chi connectivity index (χ1) is 15.2. The maximum absolute atomic E-state index is 13.1. The number of hydrogen-bond donors (Lipinski definition) is 0. The van der Waals surface area contributed by atoms with E-state index in [1.54, 1.807) is 42.2 Å². The lowest BCUT2D eigenvalue weighted by atomic mass is 10.0. The van der Waals surface area contributed by atoms with Gasteiger partial charge in [0.2, 0.25) is 11.8 Å². The van der Waals surface area contributed by atoms with Gasteiger partial charge in [0, 0.05) is 16.6 Å². The van der Waals surface area contributed by atoms with Gasteiger partial charge in [-0.3, -0.25) is 4.79 Å². The highest BCUT2D eigenvalue weighted by molar-refractivity contribution is 7.99. The number of alkyl halides is 3. The van der Waals surface area contributed by atoms with Crippen LogP contribution in [0.25, 0.3) is 11.5 Å². The fraction of sp³-hybridized carbons (Fsp3) is 0.318. The number of hydrogen-bond acceptors (Lipinski definition) is 5. The Morgan fingerprint density at radius 1 is 1.22 bits per heavy atom. The molecule has 0 radical (unpaired) electrons. The predicted molar refractivity (Wildman–Crippen MR) is 115 cm³/mol. The van der Waals surface area contributed by atoms with E-state index in [1.807, 2.05) is 0 Å². The zero-order valence-electron chi connectivity index (χ0n) is 17.0. The van der Waals surface area contributed by atoms with Crippen molar-refractivity contribution in [2.75, 3.05) is 5.75 Å². The van der Waals surface area contributed by atoms with E-state index >= 15 is 0 Å². The van der Waals surface area contributed by atoms with E-state index in [-0.39, 0.29) is 22.9 Å². The second-order valence-corrected chi connectivity index (χ2v) is 8.86. The SMILES string of the molecule is CC(c1cccc(C(F)(F)F)c1)N(C(=O)CSc1nnc(-c2ccc(Cl)cc2)o1)C1CC1. The van der Waals surface area contributed by atoms with Gasteiger partial charge in [-0.2, -0.15) is 13.2 Å². The second-order valence-electron chi connectivity index (χ2n) is 7.50. The van der Waals surface area contributed by atoms with E-state index in [4.69, 9.17) is 16.0 Å². The molecule has 1 aromatic heterocycles. The summed E-state index contributed by atoms with van der Waals surface area (Å²) in [5.41, 5.74) is 0.436. The number of nitrogens with zero attached hydrogens (tertiary/aromatic N) is 3. The van der Waals surface area contributed by atoms with Gasteiger partial charge in [0.1, 0.15) is 0 Å². The van der Waals surface area contributed by atoms with Gasteiger partial charge < -0.3 is 9.32 Å². The molecule has 1 atom stereocenters. The lowest BCUT2D eigenvalue weighted by Gasteiger charge is -2.30. The Balaban J connectivity index is 1.44.